The molecular weight excluding hydrogens is 324 g/mol. The van der Waals surface area contributed by atoms with Crippen molar-refractivity contribution < 1.29 is 4.79 Å². The van der Waals surface area contributed by atoms with Crippen LogP contribution < -0.4 is 0 Å². The molecule has 4 rings (SSSR count). The summed E-state index contributed by atoms with van der Waals surface area (Å²) in [5.74, 6) is 0.697. The number of carbonyl (C=O) groups excluding carboxylic acids is 1. The van der Waals surface area contributed by atoms with Gasteiger partial charge in [-0.15, -0.1) is 0 Å². The van der Waals surface area contributed by atoms with Crippen molar-refractivity contribution in [2.24, 2.45) is 5.92 Å². The first-order valence-corrected chi connectivity index (χ1v) is 9.18. The molecule has 5 heteroatoms. The van der Waals surface area contributed by atoms with E-state index >= 15 is 0 Å². The number of aromatic nitrogens is 3. The summed E-state index contributed by atoms with van der Waals surface area (Å²) in [5.41, 5.74) is 3.03. The number of hydrogen-bond donors (Lipinski definition) is 0. The lowest BCUT2D eigenvalue weighted by molar-refractivity contribution is 0.0760. The average molecular weight is 346 g/mol. The fourth-order valence-corrected chi connectivity index (χ4v) is 3.78. The van der Waals surface area contributed by atoms with Crippen LogP contribution in [0.15, 0.2) is 55.2 Å². The second kappa shape index (κ2) is 7.60. The molecule has 0 N–H and O–H groups in total. The summed E-state index contributed by atoms with van der Waals surface area (Å²) in [5, 5.41) is 1.14. The lowest BCUT2D eigenvalue weighted by Gasteiger charge is -2.20. The number of likely N-dealkylation sites (tertiary alicyclic amines) is 1. The van der Waals surface area contributed by atoms with Crippen LogP contribution in [-0.2, 0) is 6.42 Å². The topological polar surface area (TPSA) is 59.0 Å². The molecular formula is C21H22N4O. The molecule has 1 saturated heterocycles. The van der Waals surface area contributed by atoms with Gasteiger partial charge < -0.3 is 4.90 Å². The molecule has 1 atom stereocenters. The van der Waals surface area contributed by atoms with Gasteiger partial charge in [0.15, 0.2) is 0 Å². The van der Waals surface area contributed by atoms with Gasteiger partial charge in [0.05, 0.1) is 5.52 Å². The first kappa shape index (κ1) is 16.6. The predicted molar refractivity (Wildman–Crippen MR) is 101 cm³/mol. The Hall–Kier alpha value is -2.82. The third kappa shape index (κ3) is 3.57. The van der Waals surface area contributed by atoms with E-state index in [4.69, 9.17) is 0 Å². The summed E-state index contributed by atoms with van der Waals surface area (Å²) < 4.78 is 0. The highest BCUT2D eigenvalue weighted by Crippen LogP contribution is 2.25. The number of amides is 1. The number of carbonyl (C=O) groups is 1. The number of rotatable bonds is 3. The second-order valence-corrected chi connectivity index (χ2v) is 6.89. The maximum atomic E-state index is 12.7. The van der Waals surface area contributed by atoms with Gasteiger partial charge in [-0.2, -0.15) is 0 Å². The SMILES string of the molecule is O=C(c1ccncc1)N1CCC[C@H](Cc2ccnc3ccncc23)CC1. The molecule has 132 valence electrons. The van der Waals surface area contributed by atoms with E-state index < -0.39 is 0 Å². The van der Waals surface area contributed by atoms with E-state index in [1.54, 1.807) is 30.7 Å². The smallest absolute Gasteiger partial charge is 0.253 e. The van der Waals surface area contributed by atoms with Gasteiger partial charge in [-0.05, 0) is 61.4 Å². The number of hydrogen-bond acceptors (Lipinski definition) is 4. The lowest BCUT2D eigenvalue weighted by atomic mass is 9.92. The van der Waals surface area contributed by atoms with Crippen molar-refractivity contribution in [3.8, 4) is 0 Å². The molecule has 0 saturated carbocycles. The van der Waals surface area contributed by atoms with E-state index in [0.717, 1.165) is 55.2 Å². The van der Waals surface area contributed by atoms with Gasteiger partial charge in [-0.3, -0.25) is 19.7 Å². The minimum Gasteiger partial charge on any atom is -0.339 e. The Morgan fingerprint density at radius 3 is 2.73 bits per heavy atom. The molecule has 0 bridgehead atoms. The number of fused-ring (bicyclic) bond motifs is 1. The fraction of sp³-hybridized carbons (Fsp3) is 0.333. The van der Waals surface area contributed by atoms with Crippen molar-refractivity contribution in [1.82, 2.24) is 19.9 Å². The molecule has 1 aliphatic rings. The Bertz CT molecular complexity index is 891. The zero-order valence-electron chi connectivity index (χ0n) is 14.7. The Balaban J connectivity index is 1.45. The van der Waals surface area contributed by atoms with Crippen LogP contribution in [0.25, 0.3) is 10.9 Å². The normalized spacial score (nSPS) is 17.8. The van der Waals surface area contributed by atoms with E-state index in [-0.39, 0.29) is 5.91 Å². The van der Waals surface area contributed by atoms with Gasteiger partial charge in [0.2, 0.25) is 0 Å². The molecule has 0 unspecified atom stereocenters. The Kier molecular flexibility index (Phi) is 4.86. The number of pyridine rings is 3. The molecule has 3 aromatic heterocycles. The summed E-state index contributed by atoms with van der Waals surface area (Å²) in [4.78, 5) is 27.3. The molecule has 5 nitrogen and oxygen atoms in total. The van der Waals surface area contributed by atoms with Crippen LogP contribution in [0.5, 0.6) is 0 Å². The third-order valence-electron chi connectivity index (χ3n) is 5.20. The van der Waals surface area contributed by atoms with Crippen molar-refractivity contribution in [1.29, 1.82) is 0 Å². The summed E-state index contributed by atoms with van der Waals surface area (Å²) in [6.07, 6.45) is 13.2. The molecule has 3 aromatic rings. The Morgan fingerprint density at radius 1 is 1.00 bits per heavy atom. The molecule has 1 aliphatic heterocycles. The molecule has 0 aliphatic carbocycles. The summed E-state index contributed by atoms with van der Waals surface area (Å²) in [6.45, 7) is 1.64. The van der Waals surface area contributed by atoms with Crippen molar-refractivity contribution in [2.75, 3.05) is 13.1 Å². The summed E-state index contributed by atoms with van der Waals surface area (Å²) in [7, 11) is 0. The van der Waals surface area contributed by atoms with Crippen molar-refractivity contribution in [3.05, 3.63) is 66.4 Å². The van der Waals surface area contributed by atoms with Crippen molar-refractivity contribution in [3.63, 3.8) is 0 Å². The Labute approximate surface area is 153 Å². The van der Waals surface area contributed by atoms with Gasteiger partial charge in [0.1, 0.15) is 0 Å². The zero-order chi connectivity index (χ0) is 17.8. The van der Waals surface area contributed by atoms with Crippen LogP contribution in [0.1, 0.15) is 35.2 Å². The van der Waals surface area contributed by atoms with Gasteiger partial charge in [-0.1, -0.05) is 0 Å². The lowest BCUT2D eigenvalue weighted by Crippen LogP contribution is -2.32. The van der Waals surface area contributed by atoms with E-state index in [0.29, 0.717) is 5.92 Å². The zero-order valence-corrected chi connectivity index (χ0v) is 14.7. The van der Waals surface area contributed by atoms with E-state index in [9.17, 15) is 4.79 Å². The van der Waals surface area contributed by atoms with Crippen molar-refractivity contribution >= 4 is 16.8 Å². The van der Waals surface area contributed by atoms with Crippen LogP contribution >= 0.6 is 0 Å². The highest BCUT2D eigenvalue weighted by Gasteiger charge is 2.22. The molecule has 0 radical (unpaired) electrons. The van der Waals surface area contributed by atoms with Crippen LogP contribution in [-0.4, -0.2) is 38.8 Å². The summed E-state index contributed by atoms with van der Waals surface area (Å²) >= 11 is 0. The standard InChI is InChI=1S/C21H22N4O/c26-21(17-3-8-22-9-4-17)25-12-1-2-16(7-13-25)14-18-5-11-24-20-6-10-23-15-19(18)20/h3-6,8-11,15-16H,1-2,7,12-14H2/t16-/m0/s1. The molecule has 1 fully saturated rings. The van der Waals surface area contributed by atoms with E-state index in [1.165, 1.54) is 5.56 Å². The Morgan fingerprint density at radius 2 is 1.85 bits per heavy atom. The van der Waals surface area contributed by atoms with Gasteiger partial charge in [-0.25, -0.2) is 0 Å². The van der Waals surface area contributed by atoms with Crippen LogP contribution in [0.3, 0.4) is 0 Å². The monoisotopic (exact) mass is 346 g/mol. The highest BCUT2D eigenvalue weighted by molar-refractivity contribution is 5.94. The second-order valence-electron chi connectivity index (χ2n) is 6.89. The van der Waals surface area contributed by atoms with Gasteiger partial charge in [0, 0.05) is 55.0 Å². The summed E-state index contributed by atoms with van der Waals surface area (Å²) in [6, 6.07) is 7.65. The van der Waals surface area contributed by atoms with Crippen LogP contribution in [0.2, 0.25) is 0 Å². The fourth-order valence-electron chi connectivity index (χ4n) is 3.78. The van der Waals surface area contributed by atoms with Gasteiger partial charge in [0.25, 0.3) is 5.91 Å². The van der Waals surface area contributed by atoms with Crippen LogP contribution in [0, 0.1) is 5.92 Å². The maximum Gasteiger partial charge on any atom is 0.253 e. The molecule has 0 aromatic carbocycles. The maximum absolute atomic E-state index is 12.7. The average Bonchev–Trinajstić information content (AvgIpc) is 2.94. The largest absolute Gasteiger partial charge is 0.339 e. The molecule has 1 amide bonds. The van der Waals surface area contributed by atoms with Gasteiger partial charge >= 0.3 is 0 Å². The van der Waals surface area contributed by atoms with Crippen LogP contribution in [0.4, 0.5) is 0 Å². The quantitative estimate of drug-likeness (QED) is 0.728. The first-order chi connectivity index (χ1) is 12.8. The first-order valence-electron chi connectivity index (χ1n) is 9.18. The van der Waals surface area contributed by atoms with E-state index in [1.807, 2.05) is 23.4 Å². The van der Waals surface area contributed by atoms with E-state index in [2.05, 4.69) is 21.0 Å². The third-order valence-corrected chi connectivity index (χ3v) is 5.20. The molecule has 0 spiro atoms. The van der Waals surface area contributed by atoms with Crippen molar-refractivity contribution in [2.45, 2.75) is 25.7 Å². The number of nitrogens with zero attached hydrogens (tertiary/aromatic N) is 4. The molecule has 26 heavy (non-hydrogen) atoms. The predicted octanol–water partition coefficient (Wildman–Crippen LogP) is 3.51. The minimum atomic E-state index is 0.117. The highest BCUT2D eigenvalue weighted by atomic mass is 16.2. The minimum absolute atomic E-state index is 0.117. The molecule has 4 heterocycles.